The molecule has 0 saturated carbocycles. The predicted octanol–water partition coefficient (Wildman–Crippen LogP) is 0.667. The molecule has 3 N–H and O–H groups in total. The fourth-order valence-electron chi connectivity index (χ4n) is 2.41. The van der Waals surface area contributed by atoms with Crippen molar-refractivity contribution in [2.45, 2.75) is 38.7 Å². The Labute approximate surface area is 119 Å². The van der Waals surface area contributed by atoms with Crippen molar-refractivity contribution in [1.29, 1.82) is 0 Å². The lowest BCUT2D eigenvalue weighted by atomic mass is 10.1. The summed E-state index contributed by atoms with van der Waals surface area (Å²) in [6.45, 7) is 5.17. The number of aryl methyl sites for hydroxylation is 1. The van der Waals surface area contributed by atoms with Crippen LogP contribution in [-0.4, -0.2) is 42.3 Å². The first-order chi connectivity index (χ1) is 9.72. The van der Waals surface area contributed by atoms with Gasteiger partial charge in [0.2, 0.25) is 0 Å². The van der Waals surface area contributed by atoms with Crippen LogP contribution in [0.25, 0.3) is 0 Å². The van der Waals surface area contributed by atoms with Crippen LogP contribution in [0.3, 0.4) is 0 Å². The van der Waals surface area contributed by atoms with Crippen molar-refractivity contribution in [3.05, 3.63) is 22.2 Å². The topological polar surface area (TPSA) is 84.2 Å². The van der Waals surface area contributed by atoms with Gasteiger partial charge in [0.05, 0.1) is 6.10 Å². The van der Waals surface area contributed by atoms with E-state index in [2.05, 4.69) is 14.9 Å². The molecule has 20 heavy (non-hydrogen) atoms. The number of H-pyrrole nitrogens is 1. The second-order valence-electron chi connectivity index (χ2n) is 5.10. The molecule has 6 heteroatoms. The van der Waals surface area contributed by atoms with E-state index >= 15 is 0 Å². The Morgan fingerprint density at radius 2 is 2.25 bits per heavy atom. The molecule has 0 aliphatic carbocycles. The highest BCUT2D eigenvalue weighted by Crippen LogP contribution is 2.18. The van der Waals surface area contributed by atoms with Gasteiger partial charge >= 0.3 is 0 Å². The second-order valence-corrected chi connectivity index (χ2v) is 5.10. The number of aromatic nitrogens is 2. The average molecular weight is 280 g/mol. The van der Waals surface area contributed by atoms with Gasteiger partial charge in [0.25, 0.3) is 5.56 Å². The number of anilines is 1. The first kappa shape index (κ1) is 15.0. The van der Waals surface area contributed by atoms with Gasteiger partial charge in [0.15, 0.2) is 0 Å². The molecular formula is C14H24N4O2. The molecule has 6 nitrogen and oxygen atoms in total. The Kier molecular flexibility index (Phi) is 5.55. The van der Waals surface area contributed by atoms with Crippen LogP contribution < -0.4 is 16.2 Å². The molecule has 0 aromatic carbocycles. The number of nitrogens with two attached hydrogens (primary N) is 1. The Morgan fingerprint density at radius 3 is 2.90 bits per heavy atom. The third-order valence-electron chi connectivity index (χ3n) is 3.58. The summed E-state index contributed by atoms with van der Waals surface area (Å²) in [5, 5.41) is 0. The highest BCUT2D eigenvalue weighted by molar-refractivity contribution is 5.38. The summed E-state index contributed by atoms with van der Waals surface area (Å²) in [5.74, 6) is 1.53. The van der Waals surface area contributed by atoms with E-state index in [-0.39, 0.29) is 5.56 Å². The molecule has 1 fully saturated rings. The molecule has 1 aliphatic heterocycles. The second kappa shape index (κ2) is 7.40. The van der Waals surface area contributed by atoms with E-state index in [4.69, 9.17) is 10.5 Å². The van der Waals surface area contributed by atoms with Gasteiger partial charge in [-0.1, -0.05) is 6.92 Å². The summed E-state index contributed by atoms with van der Waals surface area (Å²) in [5.41, 5.74) is 5.38. The molecule has 112 valence electrons. The van der Waals surface area contributed by atoms with Crippen LogP contribution in [-0.2, 0) is 11.2 Å². The number of nitrogens with one attached hydrogen (secondary N) is 1. The van der Waals surface area contributed by atoms with Gasteiger partial charge in [-0.05, 0) is 25.8 Å². The van der Waals surface area contributed by atoms with Gasteiger partial charge in [-0.25, -0.2) is 4.98 Å². The zero-order valence-corrected chi connectivity index (χ0v) is 12.1. The van der Waals surface area contributed by atoms with Crippen molar-refractivity contribution in [2.24, 2.45) is 5.73 Å². The maximum absolute atomic E-state index is 11.6. The van der Waals surface area contributed by atoms with Crippen LogP contribution in [0.5, 0.6) is 0 Å². The zero-order valence-electron chi connectivity index (χ0n) is 12.1. The molecule has 0 atom stereocenters. The minimum absolute atomic E-state index is 0.0758. The molecule has 1 aromatic rings. The number of aromatic amines is 1. The summed E-state index contributed by atoms with van der Waals surface area (Å²) in [6.07, 6.45) is 3.91. The van der Waals surface area contributed by atoms with Gasteiger partial charge in [0.1, 0.15) is 11.6 Å². The Hall–Kier alpha value is -1.40. The molecule has 0 radical (unpaired) electrons. The maximum Gasteiger partial charge on any atom is 0.252 e. The molecule has 2 rings (SSSR count). The van der Waals surface area contributed by atoms with E-state index in [1.807, 2.05) is 6.92 Å². The van der Waals surface area contributed by atoms with Crippen molar-refractivity contribution in [2.75, 3.05) is 31.1 Å². The lowest BCUT2D eigenvalue weighted by Crippen LogP contribution is -2.38. The zero-order chi connectivity index (χ0) is 14.4. The highest BCUT2D eigenvalue weighted by atomic mass is 16.5. The predicted molar refractivity (Wildman–Crippen MR) is 79.1 cm³/mol. The number of piperidine rings is 1. The Balaban J connectivity index is 1.90. The van der Waals surface area contributed by atoms with Crippen molar-refractivity contribution in [1.82, 2.24) is 9.97 Å². The minimum atomic E-state index is -0.0758. The fraction of sp³-hybridized carbons (Fsp3) is 0.714. The third-order valence-corrected chi connectivity index (χ3v) is 3.58. The fourth-order valence-corrected chi connectivity index (χ4v) is 2.41. The molecule has 0 amide bonds. The van der Waals surface area contributed by atoms with E-state index in [9.17, 15) is 4.79 Å². The largest absolute Gasteiger partial charge is 0.378 e. The van der Waals surface area contributed by atoms with E-state index in [1.165, 1.54) is 0 Å². The number of hydrogen-bond donors (Lipinski definition) is 2. The SMILES string of the molecule is CCc1nc(N2CCC(OCCCN)CC2)cc(=O)[nH]1. The summed E-state index contributed by atoms with van der Waals surface area (Å²) in [4.78, 5) is 21.0. The molecule has 1 aliphatic rings. The molecule has 1 aromatic heterocycles. The monoisotopic (exact) mass is 280 g/mol. The van der Waals surface area contributed by atoms with E-state index in [0.717, 1.165) is 57.0 Å². The van der Waals surface area contributed by atoms with Crippen LogP contribution in [0, 0.1) is 0 Å². The smallest absolute Gasteiger partial charge is 0.252 e. The van der Waals surface area contributed by atoms with Crippen molar-refractivity contribution >= 4 is 5.82 Å². The summed E-state index contributed by atoms with van der Waals surface area (Å²) < 4.78 is 5.78. The summed E-state index contributed by atoms with van der Waals surface area (Å²) in [6, 6.07) is 1.58. The highest BCUT2D eigenvalue weighted by Gasteiger charge is 2.21. The van der Waals surface area contributed by atoms with Crippen LogP contribution >= 0.6 is 0 Å². The Morgan fingerprint density at radius 1 is 1.50 bits per heavy atom. The van der Waals surface area contributed by atoms with Gasteiger partial charge in [-0.3, -0.25) is 4.79 Å². The van der Waals surface area contributed by atoms with Gasteiger partial charge in [0, 0.05) is 32.2 Å². The van der Waals surface area contributed by atoms with Crippen LogP contribution in [0.4, 0.5) is 5.82 Å². The van der Waals surface area contributed by atoms with Crippen molar-refractivity contribution in [3.8, 4) is 0 Å². The first-order valence-electron chi connectivity index (χ1n) is 7.39. The Bertz CT molecular complexity index is 466. The number of ether oxygens (including phenoxy) is 1. The molecular weight excluding hydrogens is 256 g/mol. The maximum atomic E-state index is 11.6. The third kappa shape index (κ3) is 4.05. The van der Waals surface area contributed by atoms with Gasteiger partial charge in [-0.15, -0.1) is 0 Å². The van der Waals surface area contributed by atoms with Crippen molar-refractivity contribution in [3.63, 3.8) is 0 Å². The lowest BCUT2D eigenvalue weighted by Gasteiger charge is -2.32. The first-order valence-corrected chi connectivity index (χ1v) is 7.39. The van der Waals surface area contributed by atoms with Crippen LogP contribution in [0.2, 0.25) is 0 Å². The van der Waals surface area contributed by atoms with E-state index < -0.39 is 0 Å². The number of rotatable bonds is 6. The number of hydrogen-bond acceptors (Lipinski definition) is 5. The van der Waals surface area contributed by atoms with Crippen LogP contribution in [0.15, 0.2) is 10.9 Å². The summed E-state index contributed by atoms with van der Waals surface area (Å²) in [7, 11) is 0. The quantitative estimate of drug-likeness (QED) is 0.748. The number of nitrogens with zero attached hydrogens (tertiary/aromatic N) is 2. The van der Waals surface area contributed by atoms with Gasteiger partial charge in [-0.2, -0.15) is 0 Å². The molecule has 0 bridgehead atoms. The normalized spacial score (nSPS) is 16.6. The molecule has 1 saturated heterocycles. The molecule has 2 heterocycles. The molecule has 0 spiro atoms. The minimum Gasteiger partial charge on any atom is -0.378 e. The lowest BCUT2D eigenvalue weighted by molar-refractivity contribution is 0.0365. The molecule has 0 unspecified atom stereocenters. The van der Waals surface area contributed by atoms with Crippen molar-refractivity contribution < 1.29 is 4.74 Å². The standard InChI is InChI=1S/C14H24N4O2/c1-2-12-16-13(10-14(19)17-12)18-7-4-11(5-8-18)20-9-3-6-15/h10-11H,2-9,15H2,1H3,(H,16,17,19). The average Bonchev–Trinajstić information content (AvgIpc) is 2.47. The van der Waals surface area contributed by atoms with E-state index in [0.29, 0.717) is 12.6 Å². The van der Waals surface area contributed by atoms with Crippen LogP contribution in [0.1, 0.15) is 32.0 Å². The summed E-state index contributed by atoms with van der Waals surface area (Å²) >= 11 is 0. The van der Waals surface area contributed by atoms with E-state index in [1.54, 1.807) is 6.07 Å². The van der Waals surface area contributed by atoms with Gasteiger partial charge < -0.3 is 20.4 Å².